The summed E-state index contributed by atoms with van der Waals surface area (Å²) in [6, 6.07) is 12.4. The number of hydrogen-bond donors (Lipinski definition) is 1. The fourth-order valence-corrected chi connectivity index (χ4v) is 2.79. The molecule has 2 aromatic rings. The number of rotatable bonds is 6. The van der Waals surface area contributed by atoms with Crippen molar-refractivity contribution < 1.29 is 4.74 Å². The van der Waals surface area contributed by atoms with Crippen LogP contribution in [0.4, 0.5) is 0 Å². The van der Waals surface area contributed by atoms with E-state index in [-0.39, 0.29) is 6.04 Å². The van der Waals surface area contributed by atoms with Gasteiger partial charge in [0.1, 0.15) is 5.75 Å². The van der Waals surface area contributed by atoms with E-state index in [1.165, 1.54) is 18.4 Å². The molecule has 1 unspecified atom stereocenters. The van der Waals surface area contributed by atoms with Crippen LogP contribution in [0.15, 0.2) is 47.1 Å². The second kappa shape index (κ2) is 6.58. The van der Waals surface area contributed by atoms with Crippen LogP contribution in [-0.2, 0) is 0 Å². The van der Waals surface area contributed by atoms with Gasteiger partial charge in [0, 0.05) is 10.7 Å². The summed E-state index contributed by atoms with van der Waals surface area (Å²) in [5.74, 6) is 0.955. The third-order valence-electron chi connectivity index (χ3n) is 3.51. The van der Waals surface area contributed by atoms with Crippen LogP contribution >= 0.6 is 15.9 Å². The van der Waals surface area contributed by atoms with Gasteiger partial charge in [0.2, 0.25) is 0 Å². The van der Waals surface area contributed by atoms with Gasteiger partial charge in [-0.3, -0.25) is 4.98 Å². The minimum Gasteiger partial charge on any atom is -0.490 e. The first-order chi connectivity index (χ1) is 10.3. The molecule has 1 aliphatic carbocycles. The molecule has 1 heterocycles. The molecule has 0 spiro atoms. The van der Waals surface area contributed by atoms with Crippen molar-refractivity contribution in [1.82, 2.24) is 10.3 Å². The molecule has 1 atom stereocenters. The summed E-state index contributed by atoms with van der Waals surface area (Å²) in [4.78, 5) is 4.51. The van der Waals surface area contributed by atoms with Gasteiger partial charge in [0.15, 0.2) is 0 Å². The zero-order valence-corrected chi connectivity index (χ0v) is 13.6. The molecule has 0 amide bonds. The van der Waals surface area contributed by atoms with Gasteiger partial charge in [-0.15, -0.1) is 0 Å². The van der Waals surface area contributed by atoms with Crippen molar-refractivity contribution in [3.05, 3.63) is 58.3 Å². The van der Waals surface area contributed by atoms with Crippen LogP contribution < -0.4 is 10.1 Å². The molecule has 3 rings (SSSR count). The van der Waals surface area contributed by atoms with Crippen LogP contribution in [0.1, 0.15) is 37.1 Å². The topological polar surface area (TPSA) is 34.1 Å². The lowest BCUT2D eigenvalue weighted by atomic mass is 10.0. The maximum atomic E-state index is 5.80. The van der Waals surface area contributed by atoms with Crippen LogP contribution in [0.25, 0.3) is 0 Å². The molecule has 4 heteroatoms. The number of hydrogen-bond acceptors (Lipinski definition) is 3. The Labute approximate surface area is 133 Å². The van der Waals surface area contributed by atoms with Crippen molar-refractivity contribution in [2.75, 3.05) is 6.54 Å². The first-order valence-electron chi connectivity index (χ1n) is 7.38. The molecule has 1 aromatic heterocycles. The van der Waals surface area contributed by atoms with E-state index in [0.717, 1.165) is 22.5 Å². The number of nitrogens with one attached hydrogen (secondary N) is 1. The molecular weight excluding hydrogens is 328 g/mol. The van der Waals surface area contributed by atoms with Gasteiger partial charge in [0.25, 0.3) is 0 Å². The highest BCUT2D eigenvalue weighted by atomic mass is 79.9. The smallest absolute Gasteiger partial charge is 0.119 e. The lowest BCUT2D eigenvalue weighted by Gasteiger charge is -2.19. The van der Waals surface area contributed by atoms with Gasteiger partial charge >= 0.3 is 0 Å². The molecule has 21 heavy (non-hydrogen) atoms. The van der Waals surface area contributed by atoms with Gasteiger partial charge in [-0.2, -0.15) is 0 Å². The molecule has 0 bridgehead atoms. The Kier molecular flexibility index (Phi) is 4.56. The van der Waals surface area contributed by atoms with Crippen LogP contribution in [0.2, 0.25) is 0 Å². The molecule has 3 nitrogen and oxygen atoms in total. The largest absolute Gasteiger partial charge is 0.490 e. The number of nitrogens with zero attached hydrogens (tertiary/aromatic N) is 1. The maximum absolute atomic E-state index is 5.80. The molecule has 0 radical (unpaired) electrons. The predicted molar refractivity (Wildman–Crippen MR) is 87.5 cm³/mol. The van der Waals surface area contributed by atoms with Gasteiger partial charge in [-0.25, -0.2) is 0 Å². The fourth-order valence-electron chi connectivity index (χ4n) is 2.30. The Balaban J connectivity index is 1.84. The second-order valence-corrected chi connectivity index (χ2v) is 6.10. The van der Waals surface area contributed by atoms with E-state index in [1.807, 2.05) is 18.3 Å². The van der Waals surface area contributed by atoms with Crippen molar-refractivity contribution in [1.29, 1.82) is 0 Å². The summed E-state index contributed by atoms with van der Waals surface area (Å²) in [6.07, 6.45) is 4.63. The number of halogens is 1. The van der Waals surface area contributed by atoms with Crippen LogP contribution in [-0.4, -0.2) is 17.6 Å². The standard InChI is InChI=1S/C17H19BrN2O/c1-2-19-16(17-15(18)4-3-11-20-17)12-5-7-13(8-6-12)21-14-9-10-14/h3-8,11,14,16,19H,2,9-10H2,1H3. The quantitative estimate of drug-likeness (QED) is 0.855. The van der Waals surface area contributed by atoms with E-state index >= 15 is 0 Å². The SMILES string of the molecule is CCNC(c1ccc(OC2CC2)cc1)c1ncccc1Br. The van der Waals surface area contributed by atoms with Gasteiger partial charge in [0.05, 0.1) is 17.8 Å². The van der Waals surface area contributed by atoms with E-state index < -0.39 is 0 Å². The average molecular weight is 347 g/mol. The first-order valence-corrected chi connectivity index (χ1v) is 8.17. The number of pyridine rings is 1. The summed E-state index contributed by atoms with van der Waals surface area (Å²) in [5.41, 5.74) is 2.20. The molecule has 1 fully saturated rings. The van der Waals surface area contributed by atoms with Crippen LogP contribution in [0, 0.1) is 0 Å². The zero-order valence-electron chi connectivity index (χ0n) is 12.1. The average Bonchev–Trinajstić information content (AvgIpc) is 3.31. The summed E-state index contributed by atoms with van der Waals surface area (Å²) < 4.78 is 6.83. The summed E-state index contributed by atoms with van der Waals surface area (Å²) in [5, 5.41) is 3.50. The molecular formula is C17H19BrN2O. The van der Waals surface area contributed by atoms with E-state index in [1.54, 1.807) is 0 Å². The third kappa shape index (κ3) is 3.63. The van der Waals surface area contributed by atoms with Gasteiger partial charge in [-0.05, 0) is 65.1 Å². The Bertz CT molecular complexity index is 596. The van der Waals surface area contributed by atoms with Crippen LogP contribution in [0.5, 0.6) is 5.75 Å². The van der Waals surface area contributed by atoms with Crippen molar-refractivity contribution >= 4 is 15.9 Å². The highest BCUT2D eigenvalue weighted by Crippen LogP contribution is 2.30. The predicted octanol–water partition coefficient (Wildman–Crippen LogP) is 4.08. The minimum atomic E-state index is 0.0838. The fraction of sp³-hybridized carbons (Fsp3) is 0.353. The molecule has 1 saturated carbocycles. The van der Waals surface area contributed by atoms with E-state index in [2.05, 4.69) is 57.4 Å². The third-order valence-corrected chi connectivity index (χ3v) is 4.18. The summed E-state index contributed by atoms with van der Waals surface area (Å²) in [6.45, 7) is 2.99. The zero-order chi connectivity index (χ0) is 14.7. The monoisotopic (exact) mass is 346 g/mol. The number of aromatic nitrogens is 1. The molecule has 1 aromatic carbocycles. The van der Waals surface area contributed by atoms with E-state index in [9.17, 15) is 0 Å². The summed E-state index contributed by atoms with van der Waals surface area (Å²) >= 11 is 3.59. The maximum Gasteiger partial charge on any atom is 0.119 e. The normalized spacial score (nSPS) is 15.7. The van der Waals surface area contributed by atoms with Crippen LogP contribution in [0.3, 0.4) is 0 Å². The Morgan fingerprint density at radius 1 is 1.29 bits per heavy atom. The van der Waals surface area contributed by atoms with Crippen molar-refractivity contribution in [2.45, 2.75) is 31.9 Å². The Morgan fingerprint density at radius 2 is 2.05 bits per heavy atom. The highest BCUT2D eigenvalue weighted by Gasteiger charge is 2.23. The van der Waals surface area contributed by atoms with Gasteiger partial charge in [-0.1, -0.05) is 19.1 Å². The number of benzene rings is 1. The number of ether oxygens (including phenoxy) is 1. The lowest BCUT2D eigenvalue weighted by Crippen LogP contribution is -2.23. The Hall–Kier alpha value is -1.39. The van der Waals surface area contributed by atoms with Crippen molar-refractivity contribution in [3.8, 4) is 5.75 Å². The molecule has 0 saturated heterocycles. The molecule has 1 aliphatic rings. The molecule has 0 aliphatic heterocycles. The minimum absolute atomic E-state index is 0.0838. The summed E-state index contributed by atoms with van der Waals surface area (Å²) in [7, 11) is 0. The van der Waals surface area contributed by atoms with Crippen molar-refractivity contribution in [2.24, 2.45) is 0 Å². The second-order valence-electron chi connectivity index (χ2n) is 5.25. The van der Waals surface area contributed by atoms with Gasteiger partial charge < -0.3 is 10.1 Å². The first kappa shape index (κ1) is 14.5. The molecule has 110 valence electrons. The van der Waals surface area contributed by atoms with E-state index in [0.29, 0.717) is 6.10 Å². The van der Waals surface area contributed by atoms with E-state index in [4.69, 9.17) is 4.74 Å². The lowest BCUT2D eigenvalue weighted by molar-refractivity contribution is 0.303. The molecule has 1 N–H and O–H groups in total. The highest BCUT2D eigenvalue weighted by molar-refractivity contribution is 9.10. The Morgan fingerprint density at radius 3 is 2.67 bits per heavy atom. The van der Waals surface area contributed by atoms with Crippen molar-refractivity contribution in [3.63, 3.8) is 0 Å².